The summed E-state index contributed by atoms with van der Waals surface area (Å²) >= 11 is 5.87. The van der Waals surface area contributed by atoms with Gasteiger partial charge in [0.05, 0.1) is 12.9 Å². The van der Waals surface area contributed by atoms with Crippen LogP contribution in [0.25, 0.3) is 0 Å². The van der Waals surface area contributed by atoms with Crippen LogP contribution in [0.15, 0.2) is 54.6 Å². The number of ether oxygens (including phenoxy) is 2. The fraction of sp³-hybridized carbons (Fsp3) is 0.474. The molecule has 3 heterocycles. The molecular formula is C38H47ClFN4O3U-. The second kappa shape index (κ2) is 20.9. The van der Waals surface area contributed by atoms with Gasteiger partial charge in [0.25, 0.3) is 0 Å². The van der Waals surface area contributed by atoms with Crippen molar-refractivity contribution in [3.05, 3.63) is 87.8 Å². The maximum Gasteiger partial charge on any atom is 0.213 e. The molecule has 5 rings (SSSR count). The minimum Gasteiger partial charge on any atom is -0.473 e. The largest absolute Gasteiger partial charge is 0.473 e. The van der Waals surface area contributed by atoms with Gasteiger partial charge in [0.1, 0.15) is 12.4 Å². The zero-order chi connectivity index (χ0) is 33.6. The first kappa shape index (κ1) is 40.0. The van der Waals surface area contributed by atoms with Gasteiger partial charge in [-0.3, -0.25) is 0 Å². The van der Waals surface area contributed by atoms with Crippen LogP contribution in [-0.2, 0) is 16.1 Å². The van der Waals surface area contributed by atoms with E-state index >= 15 is 0 Å². The van der Waals surface area contributed by atoms with E-state index in [2.05, 4.69) is 46.8 Å². The van der Waals surface area contributed by atoms with E-state index in [1.165, 1.54) is 24.5 Å². The van der Waals surface area contributed by atoms with E-state index in [4.69, 9.17) is 26.1 Å². The molecule has 0 spiro atoms. The Balaban J connectivity index is 0.00000204. The average Bonchev–Trinajstić information content (AvgIpc) is 3.10. The molecule has 0 N–H and O–H groups in total. The van der Waals surface area contributed by atoms with E-state index in [0.717, 1.165) is 83.2 Å². The molecule has 1 aromatic heterocycles. The Morgan fingerprint density at radius 2 is 1.83 bits per heavy atom. The number of pyridine rings is 1. The van der Waals surface area contributed by atoms with Crippen molar-refractivity contribution in [2.24, 2.45) is 5.92 Å². The van der Waals surface area contributed by atoms with Gasteiger partial charge < -0.3 is 29.0 Å². The maximum atomic E-state index is 14.2. The van der Waals surface area contributed by atoms with Gasteiger partial charge in [-0.1, -0.05) is 29.3 Å². The maximum absolute atomic E-state index is 14.2. The third-order valence-corrected chi connectivity index (χ3v) is 9.42. The SMILES string of the molecule is C#C.COCCN1CCCC(CN(CCN2CCC(c3cccc(OCc4ccc(Cl)cc4F)n3)CC2)c2cc([C-]=O)ccc2C)C1.[U]. The van der Waals surface area contributed by atoms with Crippen LogP contribution in [0.5, 0.6) is 5.88 Å². The summed E-state index contributed by atoms with van der Waals surface area (Å²) in [5.41, 5.74) is 4.40. The van der Waals surface area contributed by atoms with Gasteiger partial charge in [-0.15, -0.1) is 30.5 Å². The Bertz CT molecular complexity index is 1450. The number of halogens is 2. The standard InChI is InChI=1S/C36H45ClFN4O3.C2H2.U/c1-27-8-9-28(25-43)21-35(27)42(24-29-5-4-14-41(23-29)19-20-44-2)18-17-40-15-12-30(13-16-40)34-6-3-7-36(39-34)45-26-31-10-11-32(37)22-33(31)38;1-2;/h3,6-11,21-22,29-30H,4-5,12-20,23-24,26H2,1-2H3;1-2H;/q-1;;. The van der Waals surface area contributed by atoms with Crippen molar-refractivity contribution in [2.45, 2.75) is 45.1 Å². The smallest absolute Gasteiger partial charge is 0.213 e. The van der Waals surface area contributed by atoms with Crippen LogP contribution in [0.4, 0.5) is 10.1 Å². The van der Waals surface area contributed by atoms with Crippen molar-refractivity contribution in [3.8, 4) is 18.7 Å². The molecule has 2 aliphatic rings. The van der Waals surface area contributed by atoms with Gasteiger partial charge in [-0.05, 0) is 82.0 Å². The van der Waals surface area contributed by atoms with Gasteiger partial charge in [-0.25, -0.2) is 9.37 Å². The monoisotopic (exact) mass is 899 g/mol. The summed E-state index contributed by atoms with van der Waals surface area (Å²) in [7, 11) is 1.77. The molecule has 2 saturated heterocycles. The van der Waals surface area contributed by atoms with Crippen molar-refractivity contribution < 1.29 is 49.8 Å². The number of piperidine rings is 2. The number of likely N-dealkylation sites (tertiary alicyclic amines) is 2. The molecule has 2 fully saturated rings. The average molecular weight is 900 g/mol. The summed E-state index contributed by atoms with van der Waals surface area (Å²) in [4.78, 5) is 23.9. The van der Waals surface area contributed by atoms with E-state index in [1.807, 2.05) is 30.3 Å². The number of hydrogen-bond donors (Lipinski definition) is 0. The number of aromatic nitrogens is 1. The van der Waals surface area contributed by atoms with Crippen molar-refractivity contribution >= 4 is 23.6 Å². The first-order chi connectivity index (χ1) is 22.9. The Hall–Kier alpha value is -2.43. The summed E-state index contributed by atoms with van der Waals surface area (Å²) < 4.78 is 25.4. The molecule has 1 atom stereocenters. The van der Waals surface area contributed by atoms with Gasteiger partial charge in [0.2, 0.25) is 5.88 Å². The zero-order valence-electron chi connectivity index (χ0n) is 28.2. The summed E-state index contributed by atoms with van der Waals surface area (Å²) in [5.74, 6) is 1.06. The fourth-order valence-corrected chi connectivity index (χ4v) is 6.76. The second-order valence-corrected chi connectivity index (χ2v) is 12.8. The molecule has 2 aliphatic heterocycles. The number of rotatable bonds is 14. The molecule has 0 aliphatic carbocycles. The van der Waals surface area contributed by atoms with Crippen molar-refractivity contribution in [1.29, 1.82) is 0 Å². The minimum atomic E-state index is -0.377. The van der Waals surface area contributed by atoms with Gasteiger partial charge in [0.15, 0.2) is 0 Å². The third kappa shape index (κ3) is 11.9. The Morgan fingerprint density at radius 3 is 2.56 bits per heavy atom. The van der Waals surface area contributed by atoms with Crippen molar-refractivity contribution in [1.82, 2.24) is 14.8 Å². The molecule has 3 aromatic rings. The van der Waals surface area contributed by atoms with E-state index in [0.29, 0.717) is 33.9 Å². The van der Waals surface area contributed by atoms with Crippen LogP contribution < -0.4 is 9.64 Å². The fourth-order valence-electron chi connectivity index (χ4n) is 6.60. The van der Waals surface area contributed by atoms with Crippen LogP contribution in [0, 0.1) is 62.6 Å². The predicted molar refractivity (Wildman–Crippen MR) is 188 cm³/mol. The van der Waals surface area contributed by atoms with Gasteiger partial charge in [-0.2, -0.15) is 6.07 Å². The van der Waals surface area contributed by atoms with E-state index in [1.54, 1.807) is 19.2 Å². The molecule has 0 bridgehead atoms. The van der Waals surface area contributed by atoms with Crippen LogP contribution in [0.2, 0.25) is 5.02 Å². The van der Waals surface area contributed by atoms with E-state index in [9.17, 15) is 9.18 Å². The Labute approximate surface area is 314 Å². The molecule has 48 heavy (non-hydrogen) atoms. The zero-order valence-corrected chi connectivity index (χ0v) is 33.1. The quantitative estimate of drug-likeness (QED) is 0.135. The van der Waals surface area contributed by atoms with Crippen LogP contribution in [0.3, 0.4) is 0 Å². The molecule has 1 unspecified atom stereocenters. The summed E-state index contributed by atoms with van der Waals surface area (Å²) in [6.45, 7) is 11.0. The van der Waals surface area contributed by atoms with E-state index < -0.39 is 0 Å². The Kier molecular flexibility index (Phi) is 17.5. The molecule has 10 heteroatoms. The van der Waals surface area contributed by atoms with Gasteiger partial charge in [0, 0.05) is 99.2 Å². The molecular weight excluding hydrogens is 853 g/mol. The van der Waals surface area contributed by atoms with Crippen LogP contribution in [0.1, 0.15) is 54.0 Å². The Morgan fingerprint density at radius 1 is 1.04 bits per heavy atom. The number of benzene rings is 2. The molecule has 0 radical (unpaired) electrons. The molecule has 0 amide bonds. The first-order valence-corrected chi connectivity index (χ1v) is 16.8. The normalized spacial score (nSPS) is 17.1. The molecule has 7 nitrogen and oxygen atoms in total. The number of aryl methyl sites for hydroxylation is 1. The van der Waals surface area contributed by atoms with Crippen molar-refractivity contribution in [3.63, 3.8) is 0 Å². The number of terminal acetylenes is 1. The predicted octanol–water partition coefficient (Wildman–Crippen LogP) is 6.51. The van der Waals surface area contributed by atoms with E-state index in [-0.39, 0.29) is 43.5 Å². The summed E-state index contributed by atoms with van der Waals surface area (Å²) in [5, 5.41) is 0.366. The van der Waals surface area contributed by atoms with Crippen molar-refractivity contribution in [2.75, 3.05) is 71.0 Å². The molecule has 256 valence electrons. The topological polar surface area (TPSA) is 58.1 Å². The number of hydrogen-bond acceptors (Lipinski definition) is 7. The molecule has 0 saturated carbocycles. The van der Waals surface area contributed by atoms with Gasteiger partial charge >= 0.3 is 0 Å². The van der Waals surface area contributed by atoms with Crippen LogP contribution >= 0.6 is 11.6 Å². The summed E-state index contributed by atoms with van der Waals surface area (Å²) in [6.07, 6.45) is 14.6. The number of anilines is 1. The third-order valence-electron chi connectivity index (χ3n) is 9.19. The molecule has 2 aromatic carbocycles. The minimum absolute atomic E-state index is 0. The number of nitrogens with zero attached hydrogens (tertiary/aromatic N) is 4. The second-order valence-electron chi connectivity index (χ2n) is 12.4. The number of carbonyl (C=O) groups excluding carboxylic acids is 1. The van der Waals surface area contributed by atoms with Crippen LogP contribution in [-0.4, -0.2) is 87.1 Å². The summed E-state index contributed by atoms with van der Waals surface area (Å²) in [6, 6.07) is 16.4. The number of methoxy groups -OCH3 is 1. The first-order valence-electron chi connectivity index (χ1n) is 16.5.